The van der Waals surface area contributed by atoms with E-state index in [4.69, 9.17) is 0 Å². The van der Waals surface area contributed by atoms with Crippen LogP contribution in [0.5, 0.6) is 0 Å². The Morgan fingerprint density at radius 2 is 0.923 bits per heavy atom. The van der Waals surface area contributed by atoms with Crippen LogP contribution in [0.15, 0.2) is 0 Å². The minimum absolute atomic E-state index is 0.920. The van der Waals surface area contributed by atoms with Crippen LogP contribution in [0.4, 0.5) is 0 Å². The second-order valence-corrected chi connectivity index (χ2v) is 37.6. The van der Waals surface area contributed by atoms with Crippen molar-refractivity contribution in [3.8, 4) is 0 Å². The Bertz CT molecular complexity index is 144. The maximum atomic E-state index is 4.15. The van der Waals surface area contributed by atoms with E-state index in [0.29, 0.717) is 0 Å². The quantitative estimate of drug-likeness (QED) is 0.710. The molecule has 0 aliphatic carbocycles. The summed E-state index contributed by atoms with van der Waals surface area (Å²) in [5, 5.41) is 0. The third-order valence-corrected chi connectivity index (χ3v) is 48.4. The van der Waals surface area contributed by atoms with Crippen LogP contribution in [0, 0.1) is 0 Å². The van der Waals surface area contributed by atoms with Gasteiger partial charge in [-0.2, -0.15) is 0 Å². The Morgan fingerprint density at radius 3 is 1.08 bits per heavy atom. The van der Waals surface area contributed by atoms with Crippen LogP contribution in [0.25, 0.3) is 0 Å². The average Bonchev–Trinajstić information content (AvgIpc) is 1.83. The van der Waals surface area contributed by atoms with Gasteiger partial charge in [-0.05, 0) is 0 Å². The molecule has 13 heavy (non-hydrogen) atoms. The molecule has 0 radical (unpaired) electrons. The van der Waals surface area contributed by atoms with Crippen molar-refractivity contribution in [2.24, 2.45) is 0 Å². The van der Waals surface area contributed by atoms with Gasteiger partial charge in [0.05, 0.1) is 0 Å². The minimum atomic E-state index is -1.88. The van der Waals surface area contributed by atoms with Gasteiger partial charge in [0.1, 0.15) is 0 Å². The van der Waals surface area contributed by atoms with Crippen LogP contribution < -0.4 is 1.76 Å². The number of hydrogen-bond acceptors (Lipinski definition) is 1. The maximum absolute atomic E-state index is 4.15. The van der Waals surface area contributed by atoms with Gasteiger partial charge in [-0.1, -0.05) is 0 Å². The van der Waals surface area contributed by atoms with E-state index in [0.717, 1.165) is 7.87 Å². The topological polar surface area (TPSA) is 12.0 Å². The molecule has 0 fully saturated rings. The zero-order valence-corrected chi connectivity index (χ0v) is 16.4. The van der Waals surface area contributed by atoms with Crippen molar-refractivity contribution < 1.29 is 0 Å². The molecular formula is C10H27NSn2. The van der Waals surface area contributed by atoms with E-state index >= 15 is 0 Å². The molecule has 0 aromatic rings. The van der Waals surface area contributed by atoms with Gasteiger partial charge in [0.25, 0.3) is 0 Å². The third kappa shape index (κ3) is 4.73. The molecule has 0 aromatic heterocycles. The fourth-order valence-corrected chi connectivity index (χ4v) is 50.4. The van der Waals surface area contributed by atoms with Crippen LogP contribution >= 0.6 is 0 Å². The summed E-state index contributed by atoms with van der Waals surface area (Å²) in [5.41, 5.74) is 0. The van der Waals surface area contributed by atoms with Gasteiger partial charge in [0.15, 0.2) is 0 Å². The van der Waals surface area contributed by atoms with E-state index in [1.165, 1.54) is 0 Å². The summed E-state index contributed by atoms with van der Waals surface area (Å²) < 4.78 is 5.99. The van der Waals surface area contributed by atoms with Crippen molar-refractivity contribution in [1.82, 2.24) is 1.76 Å². The van der Waals surface area contributed by atoms with Crippen molar-refractivity contribution in [2.45, 2.75) is 55.3 Å². The predicted octanol–water partition coefficient (Wildman–Crippen LogP) is 3.81. The number of nitrogens with one attached hydrogen (secondary N) is 1. The number of hydrogen-bond donors (Lipinski definition) is 1. The molecule has 3 heteroatoms. The molecular weight excluding hydrogens is 372 g/mol. The first-order chi connectivity index (χ1) is 5.59. The van der Waals surface area contributed by atoms with Crippen molar-refractivity contribution in [2.75, 3.05) is 0 Å². The van der Waals surface area contributed by atoms with E-state index in [-0.39, 0.29) is 0 Å². The van der Waals surface area contributed by atoms with Gasteiger partial charge in [-0.25, -0.2) is 0 Å². The van der Waals surface area contributed by atoms with Gasteiger partial charge >= 0.3 is 94.4 Å². The Morgan fingerprint density at radius 1 is 0.692 bits per heavy atom. The summed E-state index contributed by atoms with van der Waals surface area (Å²) in [4.78, 5) is 10.2. The Kier molecular flexibility index (Phi) is 5.66. The molecule has 0 saturated heterocycles. The van der Waals surface area contributed by atoms with Gasteiger partial charge in [0, 0.05) is 0 Å². The Balaban J connectivity index is 4.42. The Labute approximate surface area is 93.5 Å². The van der Waals surface area contributed by atoms with Gasteiger partial charge in [-0.15, -0.1) is 0 Å². The predicted molar refractivity (Wildman–Crippen MR) is 68.3 cm³/mol. The fourth-order valence-electron chi connectivity index (χ4n) is 1.12. The molecule has 0 amide bonds. The zero-order chi connectivity index (χ0) is 10.9. The van der Waals surface area contributed by atoms with E-state index in [1.807, 2.05) is 0 Å². The molecule has 0 saturated carbocycles. The van der Waals surface area contributed by atoms with E-state index in [1.54, 1.807) is 0 Å². The fraction of sp³-hybridized carbons (Fsp3) is 1.00. The summed E-state index contributed by atoms with van der Waals surface area (Å²) >= 11 is -3.75. The molecule has 1 N–H and O–H groups in total. The van der Waals surface area contributed by atoms with Crippen LogP contribution in [-0.2, 0) is 0 Å². The molecule has 0 bridgehead atoms. The molecule has 0 rings (SSSR count). The zero-order valence-electron chi connectivity index (χ0n) is 10.7. The van der Waals surface area contributed by atoms with E-state index in [9.17, 15) is 0 Å². The van der Waals surface area contributed by atoms with Crippen molar-refractivity contribution in [3.63, 3.8) is 0 Å². The summed E-state index contributed by atoms with van der Waals surface area (Å²) in [5.74, 6) is 0. The summed E-state index contributed by atoms with van der Waals surface area (Å²) in [6, 6.07) is 0. The molecule has 0 unspecified atom stereocenters. The summed E-state index contributed by atoms with van der Waals surface area (Å²) in [7, 11) is 0. The van der Waals surface area contributed by atoms with E-state index in [2.05, 4.69) is 49.2 Å². The van der Waals surface area contributed by atoms with Crippen LogP contribution in [0.1, 0.15) is 27.7 Å². The van der Waals surface area contributed by atoms with Gasteiger partial charge < -0.3 is 0 Å². The van der Waals surface area contributed by atoms with Crippen molar-refractivity contribution in [1.29, 1.82) is 0 Å². The van der Waals surface area contributed by atoms with Gasteiger partial charge in [0.2, 0.25) is 0 Å². The normalized spacial score (nSPS) is 14.3. The first-order valence-electron chi connectivity index (χ1n) is 5.39. The summed E-state index contributed by atoms with van der Waals surface area (Å²) in [6.45, 7) is 9.58. The van der Waals surface area contributed by atoms with E-state index < -0.39 is 37.3 Å². The van der Waals surface area contributed by atoms with Crippen LogP contribution in [-0.4, -0.2) is 37.3 Å². The molecule has 0 spiro atoms. The monoisotopic (exact) mass is 401 g/mol. The molecule has 0 aromatic carbocycles. The standard InChI is InChI=1S/2C3H7.4CH3.HN.2Sn/c2*1-3-2;;;;;;;/h2*3H,1-2H3;4*1H3;1H;;. The molecule has 0 atom stereocenters. The van der Waals surface area contributed by atoms with Crippen molar-refractivity contribution in [3.05, 3.63) is 0 Å². The molecule has 80 valence electrons. The molecule has 1 nitrogen and oxygen atoms in total. The first-order valence-corrected chi connectivity index (χ1v) is 23.0. The second-order valence-electron chi connectivity index (χ2n) is 5.88. The second kappa shape index (κ2) is 5.06. The first kappa shape index (κ1) is 14.6. The average molecular weight is 399 g/mol. The third-order valence-electron chi connectivity index (χ3n) is 3.53. The SMILES string of the molecule is C[CH](C)[Sn]([CH3])([CH3])[NH][Sn]([CH3])([CH3])[CH](C)C. The van der Waals surface area contributed by atoms with Crippen LogP contribution in [0.2, 0.25) is 27.6 Å². The van der Waals surface area contributed by atoms with Crippen molar-refractivity contribution >= 4 is 37.3 Å². The van der Waals surface area contributed by atoms with Gasteiger partial charge in [-0.3, -0.25) is 0 Å². The van der Waals surface area contributed by atoms with Crippen LogP contribution in [0.3, 0.4) is 0 Å². The number of rotatable bonds is 4. The molecule has 0 aliphatic heterocycles. The Hall–Kier alpha value is 1.56. The molecule has 0 heterocycles. The summed E-state index contributed by atoms with van der Waals surface area (Å²) in [6.07, 6.45) is 0. The molecule has 0 aliphatic rings.